The Morgan fingerprint density at radius 1 is 1.30 bits per heavy atom. The van der Waals surface area contributed by atoms with Crippen molar-refractivity contribution in [3.8, 4) is 0 Å². The Morgan fingerprint density at radius 2 is 2.04 bits per heavy atom. The smallest absolute Gasteiger partial charge is 0.315 e. The van der Waals surface area contributed by atoms with Crippen molar-refractivity contribution in [1.29, 1.82) is 0 Å². The van der Waals surface area contributed by atoms with Gasteiger partial charge in [0.05, 0.1) is 12.9 Å². The molecule has 0 atom stereocenters. The number of rotatable bonds is 7. The van der Waals surface area contributed by atoms with Gasteiger partial charge in [0.2, 0.25) is 5.01 Å². The van der Waals surface area contributed by atoms with E-state index >= 15 is 0 Å². The highest BCUT2D eigenvalue weighted by Gasteiger charge is 2.13. The number of hydrogen-bond acceptors (Lipinski definition) is 7. The predicted octanol–water partition coefficient (Wildman–Crippen LogP) is 2.01. The number of carbonyl (C=O) groups is 2. The monoisotopic (exact) mass is 355 g/mol. The molecule has 6 nitrogen and oxygen atoms in total. The molecule has 9 heteroatoms. The summed E-state index contributed by atoms with van der Waals surface area (Å²) in [6.07, 6.45) is 0. The molecule has 122 valence electrons. The van der Waals surface area contributed by atoms with E-state index in [1.807, 2.05) is 0 Å². The molecule has 1 amide bonds. The molecule has 0 saturated carbocycles. The molecular weight excluding hydrogens is 341 g/mol. The summed E-state index contributed by atoms with van der Waals surface area (Å²) >= 11 is 2.51. The predicted molar refractivity (Wildman–Crippen MR) is 85.7 cm³/mol. The zero-order chi connectivity index (χ0) is 16.7. The summed E-state index contributed by atoms with van der Waals surface area (Å²) in [6, 6.07) is 5.88. The van der Waals surface area contributed by atoms with Crippen LogP contribution < -0.4 is 5.32 Å². The third kappa shape index (κ3) is 5.61. The van der Waals surface area contributed by atoms with Crippen molar-refractivity contribution in [2.45, 2.75) is 12.3 Å². The molecule has 0 spiro atoms. The maximum atomic E-state index is 12.8. The van der Waals surface area contributed by atoms with Crippen LogP contribution in [0.1, 0.15) is 20.4 Å². The van der Waals surface area contributed by atoms with Gasteiger partial charge in [0.1, 0.15) is 10.8 Å². The summed E-state index contributed by atoms with van der Waals surface area (Å²) < 4.78 is 17.3. The first-order valence-corrected chi connectivity index (χ1v) is 8.55. The lowest BCUT2D eigenvalue weighted by atomic mass is 10.2. The van der Waals surface area contributed by atoms with Gasteiger partial charge in [0, 0.05) is 12.3 Å². The molecule has 2 rings (SSSR count). The topological polar surface area (TPSA) is 81.2 Å². The normalized spacial score (nSPS) is 10.3. The number of aromatic nitrogens is 2. The van der Waals surface area contributed by atoms with Crippen molar-refractivity contribution in [3.63, 3.8) is 0 Å². The number of halogens is 1. The second-order valence-electron chi connectivity index (χ2n) is 4.38. The quantitative estimate of drug-likeness (QED) is 0.765. The van der Waals surface area contributed by atoms with Crippen LogP contribution in [0.4, 0.5) is 4.39 Å². The fraction of sp³-hybridized carbons (Fsp3) is 0.286. The maximum Gasteiger partial charge on any atom is 0.315 e. The lowest BCUT2D eigenvalue weighted by Gasteiger charge is -2.02. The molecule has 0 radical (unpaired) electrons. The molecule has 0 aliphatic carbocycles. The Labute approximate surface area is 140 Å². The van der Waals surface area contributed by atoms with Crippen molar-refractivity contribution in [1.82, 2.24) is 15.5 Å². The van der Waals surface area contributed by atoms with E-state index in [0.29, 0.717) is 10.8 Å². The number of benzene rings is 1. The number of amides is 1. The number of ether oxygens (including phenoxy) is 1. The fourth-order valence-electron chi connectivity index (χ4n) is 1.54. The van der Waals surface area contributed by atoms with E-state index < -0.39 is 0 Å². The van der Waals surface area contributed by atoms with E-state index in [1.165, 1.54) is 42.3 Å². The first-order chi connectivity index (χ1) is 11.1. The summed E-state index contributed by atoms with van der Waals surface area (Å²) in [5.41, 5.74) is 0.790. The molecule has 1 aromatic heterocycles. The summed E-state index contributed by atoms with van der Waals surface area (Å²) in [5.74, 6) is -0.258. The minimum Gasteiger partial charge on any atom is -0.468 e. The van der Waals surface area contributed by atoms with Crippen molar-refractivity contribution in [3.05, 3.63) is 45.7 Å². The number of esters is 1. The maximum absolute atomic E-state index is 12.8. The third-order valence-corrected chi connectivity index (χ3v) is 4.72. The van der Waals surface area contributed by atoms with Crippen molar-refractivity contribution in [2.75, 3.05) is 12.9 Å². The second-order valence-corrected chi connectivity index (χ2v) is 6.43. The molecule has 2 aromatic rings. The highest BCUT2D eigenvalue weighted by molar-refractivity contribution is 7.99. The van der Waals surface area contributed by atoms with Gasteiger partial charge in [0.25, 0.3) is 5.91 Å². The van der Waals surface area contributed by atoms with E-state index in [9.17, 15) is 14.0 Å². The Bertz CT molecular complexity index is 676. The van der Waals surface area contributed by atoms with E-state index in [-0.39, 0.29) is 35.0 Å². The highest BCUT2D eigenvalue weighted by atomic mass is 32.2. The molecule has 0 unspecified atom stereocenters. The number of hydrogen-bond donors (Lipinski definition) is 1. The minimum atomic E-state index is -0.337. The standard InChI is InChI=1S/C14H14FN3O3S2/c1-21-12(19)8-22-7-11-17-18-14(23-11)13(20)16-6-9-2-4-10(15)5-3-9/h2-5H,6-8H2,1H3,(H,16,20). The Kier molecular flexibility index (Phi) is 6.48. The SMILES string of the molecule is COC(=O)CSCc1nnc(C(=O)NCc2ccc(F)cc2)s1. The second kappa shape index (κ2) is 8.59. The van der Waals surface area contributed by atoms with Gasteiger partial charge in [-0.3, -0.25) is 9.59 Å². The van der Waals surface area contributed by atoms with Crippen LogP contribution in [0.5, 0.6) is 0 Å². The zero-order valence-electron chi connectivity index (χ0n) is 12.2. The van der Waals surface area contributed by atoms with Gasteiger partial charge in [0.15, 0.2) is 0 Å². The van der Waals surface area contributed by atoms with Crippen LogP contribution in [-0.4, -0.2) is 34.9 Å². The van der Waals surface area contributed by atoms with Crippen LogP contribution in [0, 0.1) is 5.82 Å². The van der Waals surface area contributed by atoms with Crippen LogP contribution in [0.15, 0.2) is 24.3 Å². The first kappa shape index (κ1) is 17.4. The fourth-order valence-corrected chi connectivity index (χ4v) is 3.20. The number of nitrogens with zero attached hydrogens (tertiary/aromatic N) is 2. The van der Waals surface area contributed by atoms with Gasteiger partial charge in [-0.1, -0.05) is 23.5 Å². The lowest BCUT2D eigenvalue weighted by Crippen LogP contribution is -2.22. The van der Waals surface area contributed by atoms with Crippen LogP contribution in [-0.2, 0) is 21.8 Å². The van der Waals surface area contributed by atoms with Crippen molar-refractivity contribution in [2.24, 2.45) is 0 Å². The molecular formula is C14H14FN3O3S2. The number of nitrogens with one attached hydrogen (secondary N) is 1. The number of thioether (sulfide) groups is 1. The van der Waals surface area contributed by atoms with Crippen molar-refractivity contribution >= 4 is 35.0 Å². The molecule has 0 fully saturated rings. The van der Waals surface area contributed by atoms with Crippen LogP contribution in [0.3, 0.4) is 0 Å². The Morgan fingerprint density at radius 3 is 2.74 bits per heavy atom. The van der Waals surface area contributed by atoms with Crippen LogP contribution >= 0.6 is 23.1 Å². The Hall–Kier alpha value is -2.00. The summed E-state index contributed by atoms with van der Waals surface area (Å²) in [6.45, 7) is 0.283. The zero-order valence-corrected chi connectivity index (χ0v) is 13.9. The molecule has 1 heterocycles. The van der Waals surface area contributed by atoms with Crippen LogP contribution in [0.25, 0.3) is 0 Å². The largest absolute Gasteiger partial charge is 0.468 e. The van der Waals surface area contributed by atoms with E-state index in [4.69, 9.17) is 0 Å². The summed E-state index contributed by atoms with van der Waals surface area (Å²) in [4.78, 5) is 23.0. The average Bonchev–Trinajstić information content (AvgIpc) is 3.03. The molecule has 0 saturated heterocycles. The minimum absolute atomic E-state index is 0.224. The molecule has 1 aromatic carbocycles. The van der Waals surface area contributed by atoms with E-state index in [1.54, 1.807) is 12.1 Å². The van der Waals surface area contributed by atoms with Crippen LogP contribution in [0.2, 0.25) is 0 Å². The Balaban J connectivity index is 1.81. The highest BCUT2D eigenvalue weighted by Crippen LogP contribution is 2.17. The number of methoxy groups -OCH3 is 1. The van der Waals surface area contributed by atoms with Gasteiger partial charge >= 0.3 is 5.97 Å². The number of carbonyl (C=O) groups excluding carboxylic acids is 2. The van der Waals surface area contributed by atoms with Gasteiger partial charge in [-0.05, 0) is 17.7 Å². The van der Waals surface area contributed by atoms with Gasteiger partial charge < -0.3 is 10.1 Å². The van der Waals surface area contributed by atoms with Gasteiger partial charge in [-0.2, -0.15) is 0 Å². The molecule has 23 heavy (non-hydrogen) atoms. The molecule has 0 bridgehead atoms. The van der Waals surface area contributed by atoms with Gasteiger partial charge in [-0.25, -0.2) is 4.39 Å². The average molecular weight is 355 g/mol. The van der Waals surface area contributed by atoms with E-state index in [0.717, 1.165) is 5.56 Å². The lowest BCUT2D eigenvalue weighted by molar-refractivity contribution is -0.137. The third-order valence-electron chi connectivity index (χ3n) is 2.70. The summed E-state index contributed by atoms with van der Waals surface area (Å²) in [7, 11) is 1.33. The first-order valence-electron chi connectivity index (χ1n) is 6.58. The summed E-state index contributed by atoms with van der Waals surface area (Å²) in [5, 5.41) is 11.3. The van der Waals surface area contributed by atoms with Crippen molar-refractivity contribution < 1.29 is 18.7 Å². The van der Waals surface area contributed by atoms with E-state index in [2.05, 4.69) is 20.3 Å². The molecule has 1 N–H and O–H groups in total. The van der Waals surface area contributed by atoms with Gasteiger partial charge in [-0.15, -0.1) is 22.0 Å². The molecule has 0 aliphatic rings. The molecule has 0 aliphatic heterocycles.